The smallest absolute Gasteiger partial charge is 0.0619 e. The first-order valence-corrected chi connectivity index (χ1v) is 19.7. The molecule has 0 radical (unpaired) electrons. The van der Waals surface area contributed by atoms with Crippen LogP contribution in [0.15, 0.2) is 231 Å². The number of hydrogen-bond acceptors (Lipinski definition) is 2. The predicted molar refractivity (Wildman–Crippen MR) is 242 cm³/mol. The highest BCUT2D eigenvalue weighted by Gasteiger charge is 2.21. The Labute approximate surface area is 334 Å². The van der Waals surface area contributed by atoms with Gasteiger partial charge in [-0.15, -0.1) is 0 Å². The zero-order valence-electron chi connectivity index (χ0n) is 31.6. The molecule has 1 atom stereocenters. The van der Waals surface area contributed by atoms with Gasteiger partial charge < -0.3 is 14.4 Å². The van der Waals surface area contributed by atoms with E-state index in [0.29, 0.717) is 0 Å². The van der Waals surface area contributed by atoms with Gasteiger partial charge in [-0.2, -0.15) is 0 Å². The second kappa shape index (κ2) is 15.1. The molecule has 9 aromatic rings. The highest BCUT2D eigenvalue weighted by molar-refractivity contribution is 6.14. The van der Waals surface area contributed by atoms with Crippen molar-refractivity contribution in [3.05, 3.63) is 231 Å². The van der Waals surface area contributed by atoms with Crippen LogP contribution < -0.4 is 9.80 Å². The van der Waals surface area contributed by atoms with Crippen molar-refractivity contribution in [2.75, 3.05) is 9.80 Å². The molecule has 1 heterocycles. The molecular weight excluding hydrogens is 691 g/mol. The molecule has 57 heavy (non-hydrogen) atoms. The van der Waals surface area contributed by atoms with Gasteiger partial charge in [0.2, 0.25) is 0 Å². The molecule has 1 aliphatic carbocycles. The van der Waals surface area contributed by atoms with Gasteiger partial charge in [0, 0.05) is 50.5 Å². The summed E-state index contributed by atoms with van der Waals surface area (Å²) < 4.78 is 2.44. The van der Waals surface area contributed by atoms with E-state index in [4.69, 9.17) is 0 Å². The number of hydrogen-bond donors (Lipinski definition) is 0. The molecule has 0 bridgehead atoms. The van der Waals surface area contributed by atoms with Gasteiger partial charge in [-0.1, -0.05) is 146 Å². The molecule has 0 saturated carbocycles. The molecule has 0 N–H and O–H groups in total. The fourth-order valence-corrected chi connectivity index (χ4v) is 8.41. The molecule has 0 spiro atoms. The van der Waals surface area contributed by atoms with E-state index in [0.717, 1.165) is 29.2 Å². The molecule has 0 fully saturated rings. The number of allylic oxidation sites excluding steroid dienone is 2. The summed E-state index contributed by atoms with van der Waals surface area (Å²) >= 11 is 0. The molecule has 3 nitrogen and oxygen atoms in total. The second-order valence-electron chi connectivity index (χ2n) is 14.5. The maximum atomic E-state index is 2.44. The molecule has 0 aliphatic heterocycles. The number of para-hydroxylation sites is 5. The van der Waals surface area contributed by atoms with Crippen LogP contribution in [-0.2, 0) is 0 Å². The lowest BCUT2D eigenvalue weighted by molar-refractivity contribution is 0.785. The van der Waals surface area contributed by atoms with Crippen molar-refractivity contribution in [3.8, 4) is 27.9 Å². The van der Waals surface area contributed by atoms with Gasteiger partial charge in [0.1, 0.15) is 0 Å². The summed E-state index contributed by atoms with van der Waals surface area (Å²) in [4.78, 5) is 4.75. The minimum Gasteiger partial charge on any atom is -0.334 e. The van der Waals surface area contributed by atoms with Crippen molar-refractivity contribution in [1.29, 1.82) is 0 Å². The monoisotopic (exact) mass is 731 g/mol. The number of fused-ring (bicyclic) bond motifs is 3. The number of nitrogens with zero attached hydrogens (tertiary/aromatic N) is 3. The molecule has 272 valence electrons. The van der Waals surface area contributed by atoms with Crippen LogP contribution in [0.4, 0.5) is 28.4 Å². The van der Waals surface area contributed by atoms with E-state index in [1.807, 2.05) is 0 Å². The Balaban J connectivity index is 1.06. The summed E-state index contributed by atoms with van der Waals surface area (Å²) in [6, 6.07) is 74.6. The predicted octanol–water partition coefficient (Wildman–Crippen LogP) is 14.6. The highest BCUT2D eigenvalue weighted by atomic mass is 15.2. The molecule has 10 rings (SSSR count). The van der Waals surface area contributed by atoms with Gasteiger partial charge in [-0.25, -0.2) is 0 Å². The first-order valence-electron chi connectivity index (χ1n) is 19.7. The second-order valence-corrected chi connectivity index (χ2v) is 14.5. The molecule has 3 heteroatoms. The van der Waals surface area contributed by atoms with Gasteiger partial charge in [-0.05, 0) is 108 Å². The Morgan fingerprint density at radius 1 is 0.421 bits per heavy atom. The molecule has 1 aliphatic rings. The number of aromatic nitrogens is 1. The van der Waals surface area contributed by atoms with Crippen molar-refractivity contribution in [2.24, 2.45) is 0 Å². The zero-order valence-corrected chi connectivity index (χ0v) is 31.6. The first-order chi connectivity index (χ1) is 28.3. The third-order valence-electron chi connectivity index (χ3n) is 11.1. The standard InChI is InChI=1S/C54H41N3/c1-6-17-43(18-7-1)55(44-19-8-2-9-20-44)48-34-29-40(30-35-48)42-33-38-53-52(39-42)51-28-16-27-50(54(51)57(53)47-25-14-5-15-26-47)41-31-36-49(37-32-41)56(45-21-10-3-11-22-45)46-23-12-4-13-24-46/h1-23,25-39,46H,24H2. The lowest BCUT2D eigenvalue weighted by Gasteiger charge is -2.32. The summed E-state index contributed by atoms with van der Waals surface area (Å²) in [6.45, 7) is 0. The van der Waals surface area contributed by atoms with E-state index in [9.17, 15) is 0 Å². The number of benzene rings is 8. The topological polar surface area (TPSA) is 11.4 Å². The average Bonchev–Trinajstić information content (AvgIpc) is 3.63. The van der Waals surface area contributed by atoms with Crippen LogP contribution in [0.3, 0.4) is 0 Å². The first kappa shape index (κ1) is 34.2. The summed E-state index contributed by atoms with van der Waals surface area (Å²) in [6.07, 6.45) is 9.82. The number of anilines is 5. The zero-order chi connectivity index (χ0) is 38.0. The maximum absolute atomic E-state index is 2.44. The summed E-state index contributed by atoms with van der Waals surface area (Å²) in [5.74, 6) is 0. The lowest BCUT2D eigenvalue weighted by Crippen LogP contribution is -2.29. The minimum atomic E-state index is 0.254. The van der Waals surface area contributed by atoms with Gasteiger partial charge in [-0.3, -0.25) is 0 Å². The van der Waals surface area contributed by atoms with Crippen LogP contribution >= 0.6 is 0 Å². The van der Waals surface area contributed by atoms with Crippen LogP contribution in [-0.4, -0.2) is 10.6 Å². The lowest BCUT2D eigenvalue weighted by atomic mass is 9.99. The Morgan fingerprint density at radius 3 is 1.60 bits per heavy atom. The maximum Gasteiger partial charge on any atom is 0.0619 e. The molecule has 8 aromatic carbocycles. The van der Waals surface area contributed by atoms with E-state index < -0.39 is 0 Å². The van der Waals surface area contributed by atoms with Gasteiger partial charge in [0.05, 0.1) is 17.1 Å². The summed E-state index contributed by atoms with van der Waals surface area (Å²) in [7, 11) is 0. The SMILES string of the molecule is C1=CCC(N(c2ccccc2)c2ccc(-c3cccc4c5cc(-c6ccc(N(c7ccccc7)c7ccccc7)cc6)ccc5n(-c5ccccc5)c34)cc2)C=C1. The van der Waals surface area contributed by atoms with Crippen molar-refractivity contribution in [1.82, 2.24) is 4.57 Å². The summed E-state index contributed by atoms with van der Waals surface area (Å²) in [5, 5.41) is 2.47. The van der Waals surface area contributed by atoms with E-state index in [1.165, 1.54) is 55.4 Å². The quantitative estimate of drug-likeness (QED) is 0.146. The van der Waals surface area contributed by atoms with Crippen LogP contribution in [0.1, 0.15) is 6.42 Å². The molecule has 0 saturated heterocycles. The van der Waals surface area contributed by atoms with Crippen molar-refractivity contribution in [2.45, 2.75) is 12.5 Å². The van der Waals surface area contributed by atoms with E-state index in [-0.39, 0.29) is 6.04 Å². The average molecular weight is 732 g/mol. The van der Waals surface area contributed by atoms with Gasteiger partial charge in [0.15, 0.2) is 0 Å². The van der Waals surface area contributed by atoms with E-state index >= 15 is 0 Å². The minimum absolute atomic E-state index is 0.254. The van der Waals surface area contributed by atoms with Crippen molar-refractivity contribution in [3.63, 3.8) is 0 Å². The molecule has 1 unspecified atom stereocenters. The Bertz CT molecular complexity index is 2800. The van der Waals surface area contributed by atoms with Gasteiger partial charge >= 0.3 is 0 Å². The number of rotatable bonds is 9. The Morgan fingerprint density at radius 2 is 0.965 bits per heavy atom. The van der Waals surface area contributed by atoms with E-state index in [1.54, 1.807) is 0 Å². The van der Waals surface area contributed by atoms with Crippen molar-refractivity contribution < 1.29 is 0 Å². The van der Waals surface area contributed by atoms with Crippen LogP contribution in [0.5, 0.6) is 0 Å². The fourth-order valence-electron chi connectivity index (χ4n) is 8.41. The largest absolute Gasteiger partial charge is 0.334 e. The third-order valence-corrected chi connectivity index (χ3v) is 11.1. The van der Waals surface area contributed by atoms with Crippen LogP contribution in [0, 0.1) is 0 Å². The highest BCUT2D eigenvalue weighted by Crippen LogP contribution is 2.42. The molecule has 0 amide bonds. The fraction of sp³-hybridized carbons (Fsp3) is 0.0370. The molecule has 1 aromatic heterocycles. The molecular formula is C54H41N3. The van der Waals surface area contributed by atoms with Crippen LogP contribution in [0.2, 0.25) is 0 Å². The summed E-state index contributed by atoms with van der Waals surface area (Å²) in [5.41, 5.74) is 14.1. The Kier molecular flexibility index (Phi) is 9.02. The third kappa shape index (κ3) is 6.49. The van der Waals surface area contributed by atoms with Gasteiger partial charge in [0.25, 0.3) is 0 Å². The van der Waals surface area contributed by atoms with Crippen molar-refractivity contribution >= 4 is 50.2 Å². The Hall–Kier alpha value is -7.36. The van der Waals surface area contributed by atoms with E-state index in [2.05, 4.69) is 245 Å². The van der Waals surface area contributed by atoms with Crippen LogP contribution in [0.25, 0.3) is 49.7 Å². The normalized spacial score (nSPS) is 13.6.